The van der Waals surface area contributed by atoms with E-state index in [-0.39, 0.29) is 17.0 Å². The van der Waals surface area contributed by atoms with Crippen LogP contribution in [-0.4, -0.2) is 60.1 Å². The van der Waals surface area contributed by atoms with Crippen LogP contribution in [0.1, 0.15) is 23.5 Å². The first-order valence-corrected chi connectivity index (χ1v) is 11.7. The summed E-state index contributed by atoms with van der Waals surface area (Å²) in [7, 11) is -4.79. The molecule has 0 unspecified atom stereocenters. The molecule has 1 saturated heterocycles. The van der Waals surface area contributed by atoms with Crippen LogP contribution in [0.3, 0.4) is 0 Å². The van der Waals surface area contributed by atoms with E-state index in [0.29, 0.717) is 24.1 Å². The lowest BCUT2D eigenvalue weighted by Gasteiger charge is -2.39. The second kappa shape index (κ2) is 8.82. The molecule has 1 aliphatic heterocycles. The molecule has 1 aromatic heterocycles. The summed E-state index contributed by atoms with van der Waals surface area (Å²) in [6.45, 7) is 3.40. The maximum absolute atomic E-state index is 13.6. The molecule has 0 spiro atoms. The van der Waals surface area contributed by atoms with E-state index in [2.05, 4.69) is 25.5 Å². The second-order valence-electron chi connectivity index (χ2n) is 7.86. The summed E-state index contributed by atoms with van der Waals surface area (Å²) in [6, 6.07) is 9.13. The Balaban J connectivity index is 1.76. The van der Waals surface area contributed by atoms with E-state index in [0.717, 1.165) is 31.6 Å². The highest BCUT2D eigenvalue weighted by Crippen LogP contribution is 2.43. The van der Waals surface area contributed by atoms with Crippen molar-refractivity contribution in [3.63, 3.8) is 0 Å². The number of benzene rings is 2. The number of sulfonamides is 1. The molecule has 0 radical (unpaired) electrons. The Bertz CT molecular complexity index is 1220. The van der Waals surface area contributed by atoms with Gasteiger partial charge in [0, 0.05) is 19.0 Å². The van der Waals surface area contributed by atoms with Crippen molar-refractivity contribution in [1.29, 1.82) is 0 Å². The SMILES string of the molecule is NCCCN1CC(c2ccc(-c3ccc(C(F)(F)F)c(S(N)(=O)=O)c3-c3nn[nH]n3)cc2)C1. The summed E-state index contributed by atoms with van der Waals surface area (Å²) in [5.41, 5.74) is 5.57. The van der Waals surface area contributed by atoms with Crippen molar-refractivity contribution in [2.75, 3.05) is 26.2 Å². The summed E-state index contributed by atoms with van der Waals surface area (Å²) >= 11 is 0. The summed E-state index contributed by atoms with van der Waals surface area (Å²) in [5, 5.41) is 18.2. The second-order valence-corrected chi connectivity index (χ2v) is 9.36. The van der Waals surface area contributed by atoms with E-state index in [1.165, 1.54) is 6.07 Å². The number of alkyl halides is 3. The predicted octanol–water partition coefficient (Wildman–Crippen LogP) is 1.95. The lowest BCUT2D eigenvalue weighted by Crippen LogP contribution is -2.45. The Kier molecular flexibility index (Phi) is 6.22. The van der Waals surface area contributed by atoms with Gasteiger partial charge in [-0.1, -0.05) is 30.3 Å². The van der Waals surface area contributed by atoms with Crippen LogP contribution < -0.4 is 10.9 Å². The highest BCUT2D eigenvalue weighted by molar-refractivity contribution is 7.89. The number of aromatic nitrogens is 4. The van der Waals surface area contributed by atoms with Crippen LogP contribution in [0.2, 0.25) is 0 Å². The zero-order valence-corrected chi connectivity index (χ0v) is 18.2. The van der Waals surface area contributed by atoms with E-state index in [4.69, 9.17) is 10.9 Å². The number of nitrogens with zero attached hydrogens (tertiary/aromatic N) is 4. The van der Waals surface area contributed by atoms with Crippen LogP contribution in [0, 0.1) is 0 Å². The van der Waals surface area contributed by atoms with Crippen molar-refractivity contribution in [3.05, 3.63) is 47.5 Å². The Morgan fingerprint density at radius 2 is 1.82 bits per heavy atom. The molecule has 0 amide bonds. The summed E-state index contributed by atoms with van der Waals surface area (Å²) in [5.74, 6) is 0.0415. The summed E-state index contributed by atoms with van der Waals surface area (Å²) in [4.78, 5) is 1.21. The molecule has 3 aromatic rings. The number of tetrazole rings is 1. The van der Waals surface area contributed by atoms with E-state index in [1.54, 1.807) is 12.1 Å². The minimum absolute atomic E-state index is 0.193. The number of rotatable bonds is 7. The number of primary sulfonamides is 1. The molecule has 0 bridgehead atoms. The van der Waals surface area contributed by atoms with Crippen LogP contribution in [0.4, 0.5) is 13.2 Å². The number of H-pyrrole nitrogens is 1. The Morgan fingerprint density at radius 3 is 2.36 bits per heavy atom. The van der Waals surface area contributed by atoms with Gasteiger partial charge in [-0.2, -0.15) is 18.4 Å². The van der Waals surface area contributed by atoms with Gasteiger partial charge >= 0.3 is 6.18 Å². The van der Waals surface area contributed by atoms with Crippen molar-refractivity contribution < 1.29 is 21.6 Å². The molecule has 13 heteroatoms. The average molecular weight is 482 g/mol. The molecule has 0 aliphatic carbocycles. The fourth-order valence-electron chi connectivity index (χ4n) is 4.04. The van der Waals surface area contributed by atoms with Gasteiger partial charge in [-0.15, -0.1) is 10.2 Å². The molecule has 0 atom stereocenters. The van der Waals surface area contributed by atoms with Gasteiger partial charge in [0.2, 0.25) is 15.8 Å². The van der Waals surface area contributed by atoms with Gasteiger partial charge in [0.05, 0.1) is 11.1 Å². The highest BCUT2D eigenvalue weighted by atomic mass is 32.2. The van der Waals surface area contributed by atoms with Crippen molar-refractivity contribution in [2.24, 2.45) is 10.9 Å². The number of nitrogens with two attached hydrogens (primary N) is 2. The van der Waals surface area contributed by atoms with Crippen LogP contribution in [0.15, 0.2) is 41.3 Å². The standard InChI is InChI=1S/C20H22F3N7O2S/c21-20(22,23)16-7-6-15(17(18(16)33(25,31)32)19-26-28-29-27-19)13-4-2-12(3-5-13)14-10-30(11-14)9-1-8-24/h2-7,14H,1,8-11,24H2,(H2,25,31,32)(H,26,27,28,29). The van der Waals surface area contributed by atoms with Gasteiger partial charge in [0.25, 0.3) is 0 Å². The fraction of sp³-hybridized carbons (Fsp3) is 0.350. The molecule has 4 rings (SSSR count). The normalized spacial score (nSPS) is 15.5. The molecular formula is C20H22F3N7O2S. The van der Waals surface area contributed by atoms with Crippen molar-refractivity contribution >= 4 is 10.0 Å². The molecule has 2 heterocycles. The van der Waals surface area contributed by atoms with Gasteiger partial charge in [-0.3, -0.25) is 0 Å². The van der Waals surface area contributed by atoms with Gasteiger partial charge < -0.3 is 10.6 Å². The van der Waals surface area contributed by atoms with Gasteiger partial charge in [-0.05, 0) is 47.5 Å². The molecule has 2 aromatic carbocycles. The highest BCUT2D eigenvalue weighted by Gasteiger charge is 2.40. The van der Waals surface area contributed by atoms with Crippen LogP contribution in [0.25, 0.3) is 22.5 Å². The molecule has 9 nitrogen and oxygen atoms in total. The topological polar surface area (TPSA) is 144 Å². The molecule has 1 aliphatic rings. The third-order valence-corrected chi connectivity index (χ3v) is 6.64. The summed E-state index contributed by atoms with van der Waals surface area (Å²) in [6.07, 6.45) is -4.02. The molecule has 176 valence electrons. The first-order valence-electron chi connectivity index (χ1n) is 10.1. The predicted molar refractivity (Wildman–Crippen MR) is 114 cm³/mol. The Labute approximate surface area is 188 Å². The first kappa shape index (κ1) is 23.3. The van der Waals surface area contributed by atoms with Crippen LogP contribution >= 0.6 is 0 Å². The minimum Gasteiger partial charge on any atom is -0.330 e. The third kappa shape index (κ3) is 4.76. The average Bonchev–Trinajstić information content (AvgIpc) is 3.25. The number of likely N-dealkylation sites (tertiary alicyclic amines) is 1. The van der Waals surface area contributed by atoms with Gasteiger partial charge in [0.1, 0.15) is 4.90 Å². The Hall–Kier alpha value is -2.87. The van der Waals surface area contributed by atoms with E-state index in [9.17, 15) is 21.6 Å². The zero-order chi connectivity index (χ0) is 23.8. The van der Waals surface area contributed by atoms with Crippen molar-refractivity contribution in [3.8, 4) is 22.5 Å². The van der Waals surface area contributed by atoms with E-state index >= 15 is 0 Å². The number of hydrogen-bond acceptors (Lipinski definition) is 7. The minimum atomic E-state index is -4.96. The van der Waals surface area contributed by atoms with Crippen molar-refractivity contribution in [1.82, 2.24) is 25.5 Å². The maximum Gasteiger partial charge on any atom is 0.417 e. The van der Waals surface area contributed by atoms with Gasteiger partial charge in [-0.25, -0.2) is 13.6 Å². The zero-order valence-electron chi connectivity index (χ0n) is 17.4. The Morgan fingerprint density at radius 1 is 1.12 bits per heavy atom. The molecule has 5 N–H and O–H groups in total. The smallest absolute Gasteiger partial charge is 0.330 e. The lowest BCUT2D eigenvalue weighted by atomic mass is 9.89. The van der Waals surface area contributed by atoms with Crippen LogP contribution in [-0.2, 0) is 16.2 Å². The number of nitrogens with one attached hydrogen (secondary N) is 1. The van der Waals surface area contributed by atoms with Crippen molar-refractivity contribution in [2.45, 2.75) is 23.4 Å². The number of hydrogen-bond donors (Lipinski definition) is 3. The first-order chi connectivity index (χ1) is 15.6. The maximum atomic E-state index is 13.6. The number of aromatic amines is 1. The molecule has 33 heavy (non-hydrogen) atoms. The molecule has 0 saturated carbocycles. The largest absolute Gasteiger partial charge is 0.417 e. The quantitative estimate of drug-likeness (QED) is 0.468. The van der Waals surface area contributed by atoms with E-state index in [1.807, 2.05) is 12.1 Å². The molecule has 1 fully saturated rings. The van der Waals surface area contributed by atoms with Crippen LogP contribution in [0.5, 0.6) is 0 Å². The summed E-state index contributed by atoms with van der Waals surface area (Å²) < 4.78 is 65.5. The van der Waals surface area contributed by atoms with Gasteiger partial charge in [0.15, 0.2) is 0 Å². The third-order valence-electron chi connectivity index (χ3n) is 5.65. The van der Waals surface area contributed by atoms with E-state index < -0.39 is 26.7 Å². The number of halogens is 3. The fourth-order valence-corrected chi connectivity index (χ4v) is 5.02. The molecular weight excluding hydrogens is 459 g/mol. The lowest BCUT2D eigenvalue weighted by molar-refractivity contribution is -0.139. The monoisotopic (exact) mass is 481 g/mol.